The molecule has 3 nitrogen and oxygen atoms in total. The van der Waals surface area contributed by atoms with Crippen molar-refractivity contribution in [3.05, 3.63) is 36.0 Å². The fourth-order valence-corrected chi connectivity index (χ4v) is 3.99. The number of rotatable bonds is 7. The molecule has 0 bridgehead atoms. The normalized spacial score (nSPS) is 24.0. The highest BCUT2D eigenvalue weighted by molar-refractivity contribution is 5.71. The topological polar surface area (TPSA) is 50.1 Å². The van der Waals surface area contributed by atoms with Gasteiger partial charge in [0.2, 0.25) is 0 Å². The van der Waals surface area contributed by atoms with E-state index >= 15 is 0 Å². The van der Waals surface area contributed by atoms with Gasteiger partial charge in [-0.05, 0) is 55.2 Å². The van der Waals surface area contributed by atoms with Crippen LogP contribution < -0.4 is 16.4 Å². The third-order valence-electron chi connectivity index (χ3n) is 5.40. The van der Waals surface area contributed by atoms with Gasteiger partial charge in [0.15, 0.2) is 0 Å². The molecule has 3 heteroatoms. The Morgan fingerprint density at radius 1 is 1.29 bits per heavy atom. The van der Waals surface area contributed by atoms with Crippen molar-refractivity contribution in [3.63, 3.8) is 0 Å². The van der Waals surface area contributed by atoms with Crippen LogP contribution >= 0.6 is 0 Å². The number of nitrogens with one attached hydrogen (secondary N) is 2. The molecule has 0 spiro atoms. The molecule has 3 atom stereocenters. The highest BCUT2D eigenvalue weighted by Gasteiger charge is 2.32. The molecule has 1 aromatic rings. The van der Waals surface area contributed by atoms with E-state index in [-0.39, 0.29) is 0 Å². The minimum absolute atomic E-state index is 0.553. The first kappa shape index (κ1) is 18.9. The van der Waals surface area contributed by atoms with E-state index in [2.05, 4.69) is 63.1 Å². The van der Waals surface area contributed by atoms with Gasteiger partial charge in [0.05, 0.1) is 11.4 Å². The maximum Gasteiger partial charge on any atom is 0.0617 e. The Bertz CT molecular complexity index is 550. The van der Waals surface area contributed by atoms with Gasteiger partial charge in [0.25, 0.3) is 0 Å². The highest BCUT2D eigenvalue weighted by Crippen LogP contribution is 2.41. The Hall–Kier alpha value is -1.48. The Morgan fingerprint density at radius 3 is 2.71 bits per heavy atom. The van der Waals surface area contributed by atoms with Crippen LogP contribution in [0.3, 0.4) is 0 Å². The van der Waals surface area contributed by atoms with Gasteiger partial charge in [0, 0.05) is 24.7 Å². The third kappa shape index (κ3) is 4.76. The summed E-state index contributed by atoms with van der Waals surface area (Å²) in [6.07, 6.45) is 3.91. The largest absolute Gasteiger partial charge is 0.382 e. The molecular formula is C21H35N3. The van der Waals surface area contributed by atoms with Gasteiger partial charge >= 0.3 is 0 Å². The first-order chi connectivity index (χ1) is 11.4. The van der Waals surface area contributed by atoms with E-state index in [0.29, 0.717) is 18.4 Å². The quantitative estimate of drug-likeness (QED) is 0.660. The number of hydrogen-bond acceptors (Lipinski definition) is 3. The maximum absolute atomic E-state index is 5.65. The smallest absolute Gasteiger partial charge is 0.0617 e. The van der Waals surface area contributed by atoms with Crippen molar-refractivity contribution in [1.82, 2.24) is 0 Å². The summed E-state index contributed by atoms with van der Waals surface area (Å²) >= 11 is 0. The van der Waals surface area contributed by atoms with Crippen molar-refractivity contribution in [2.45, 2.75) is 47.0 Å². The van der Waals surface area contributed by atoms with Gasteiger partial charge in [0.1, 0.15) is 0 Å². The predicted octanol–water partition coefficient (Wildman–Crippen LogP) is 5.00. The molecule has 2 rings (SSSR count). The van der Waals surface area contributed by atoms with E-state index in [1.807, 2.05) is 0 Å². The molecule has 0 amide bonds. The first-order valence-electron chi connectivity index (χ1n) is 9.42. The third-order valence-corrected chi connectivity index (χ3v) is 5.40. The van der Waals surface area contributed by atoms with Crippen molar-refractivity contribution in [2.24, 2.45) is 29.4 Å². The van der Waals surface area contributed by atoms with Crippen LogP contribution in [0, 0.1) is 30.6 Å². The van der Waals surface area contributed by atoms with Crippen LogP contribution in [0.1, 0.15) is 45.6 Å². The Morgan fingerprint density at radius 2 is 2.04 bits per heavy atom. The molecule has 4 N–H and O–H groups in total. The molecule has 134 valence electrons. The Kier molecular flexibility index (Phi) is 6.73. The summed E-state index contributed by atoms with van der Waals surface area (Å²) in [4.78, 5) is 0. The van der Waals surface area contributed by atoms with Gasteiger partial charge < -0.3 is 16.4 Å². The molecule has 0 aliphatic heterocycles. The Balaban J connectivity index is 2.15. The van der Waals surface area contributed by atoms with Crippen LogP contribution in [-0.2, 0) is 0 Å². The van der Waals surface area contributed by atoms with E-state index in [9.17, 15) is 0 Å². The van der Waals surface area contributed by atoms with E-state index in [1.165, 1.54) is 30.5 Å². The van der Waals surface area contributed by atoms with Gasteiger partial charge in [-0.2, -0.15) is 0 Å². The van der Waals surface area contributed by atoms with E-state index in [4.69, 9.17) is 5.73 Å². The zero-order valence-electron chi connectivity index (χ0n) is 15.9. The maximum atomic E-state index is 5.65. The number of anilines is 2. The summed E-state index contributed by atoms with van der Waals surface area (Å²) < 4.78 is 0. The van der Waals surface area contributed by atoms with Crippen LogP contribution in [0.4, 0.5) is 11.4 Å². The zero-order chi connectivity index (χ0) is 17.7. The molecular weight excluding hydrogens is 294 g/mol. The summed E-state index contributed by atoms with van der Waals surface area (Å²) in [6.45, 7) is 15.0. The fourth-order valence-electron chi connectivity index (χ4n) is 3.99. The molecule has 0 saturated heterocycles. The fraction of sp³-hybridized carbons (Fsp3) is 0.619. The number of aryl methyl sites for hydroxylation is 1. The summed E-state index contributed by atoms with van der Waals surface area (Å²) in [5.74, 6) is 2.77. The molecule has 0 aromatic heterocycles. The van der Waals surface area contributed by atoms with E-state index in [1.54, 1.807) is 0 Å². The Labute approximate surface area is 148 Å². The molecule has 1 aromatic carbocycles. The highest BCUT2D eigenvalue weighted by atomic mass is 15.0. The van der Waals surface area contributed by atoms with Gasteiger partial charge in [-0.15, -0.1) is 0 Å². The SMILES string of the molecule is C=C(Nc1ccc(C)cc1NCCN)C1CC(C)CC[C@H]1C(C)C. The van der Waals surface area contributed by atoms with Crippen LogP contribution in [0.5, 0.6) is 0 Å². The number of allylic oxidation sites excluding steroid dienone is 1. The van der Waals surface area contributed by atoms with Crippen molar-refractivity contribution < 1.29 is 0 Å². The first-order valence-corrected chi connectivity index (χ1v) is 9.42. The second-order valence-electron chi connectivity index (χ2n) is 7.85. The minimum Gasteiger partial charge on any atom is -0.382 e. The average Bonchev–Trinajstić information content (AvgIpc) is 2.54. The lowest BCUT2D eigenvalue weighted by Gasteiger charge is -2.39. The van der Waals surface area contributed by atoms with Gasteiger partial charge in [-0.3, -0.25) is 0 Å². The average molecular weight is 330 g/mol. The monoisotopic (exact) mass is 329 g/mol. The summed E-state index contributed by atoms with van der Waals surface area (Å²) in [6, 6.07) is 6.47. The van der Waals surface area contributed by atoms with Gasteiger partial charge in [-0.25, -0.2) is 0 Å². The lowest BCUT2D eigenvalue weighted by Crippen LogP contribution is -2.31. The molecule has 0 heterocycles. The molecule has 1 aliphatic rings. The number of benzene rings is 1. The van der Waals surface area contributed by atoms with E-state index in [0.717, 1.165) is 29.8 Å². The van der Waals surface area contributed by atoms with Crippen molar-refractivity contribution >= 4 is 11.4 Å². The second kappa shape index (κ2) is 8.57. The summed E-state index contributed by atoms with van der Waals surface area (Å²) in [7, 11) is 0. The molecule has 1 saturated carbocycles. The summed E-state index contributed by atoms with van der Waals surface area (Å²) in [5, 5.41) is 7.05. The minimum atomic E-state index is 0.553. The van der Waals surface area contributed by atoms with Gasteiger partial charge in [-0.1, -0.05) is 39.8 Å². The lowest BCUT2D eigenvalue weighted by molar-refractivity contribution is 0.171. The van der Waals surface area contributed by atoms with Crippen molar-refractivity contribution in [1.29, 1.82) is 0 Å². The van der Waals surface area contributed by atoms with Crippen LogP contribution in [0.15, 0.2) is 30.5 Å². The van der Waals surface area contributed by atoms with Crippen LogP contribution in [-0.4, -0.2) is 13.1 Å². The standard InChI is InChI=1S/C21H35N3/c1-14(2)18-8-6-15(3)12-19(18)17(5)24-20-9-7-16(4)13-21(20)23-11-10-22/h7,9,13-15,18-19,23-24H,5-6,8,10-12,22H2,1-4H3/t15?,18-,19?/m0/s1. The van der Waals surface area contributed by atoms with E-state index < -0.39 is 0 Å². The van der Waals surface area contributed by atoms with Crippen molar-refractivity contribution in [3.8, 4) is 0 Å². The molecule has 24 heavy (non-hydrogen) atoms. The van der Waals surface area contributed by atoms with Crippen LogP contribution in [0.2, 0.25) is 0 Å². The zero-order valence-corrected chi connectivity index (χ0v) is 15.9. The lowest BCUT2D eigenvalue weighted by atomic mass is 9.69. The van der Waals surface area contributed by atoms with Crippen molar-refractivity contribution in [2.75, 3.05) is 23.7 Å². The molecule has 2 unspecified atom stereocenters. The predicted molar refractivity (Wildman–Crippen MR) is 106 cm³/mol. The number of nitrogens with two attached hydrogens (primary N) is 1. The van der Waals surface area contributed by atoms with Crippen LogP contribution in [0.25, 0.3) is 0 Å². The number of hydrogen-bond donors (Lipinski definition) is 3. The molecule has 1 aliphatic carbocycles. The molecule has 0 radical (unpaired) electrons. The molecule has 1 fully saturated rings. The second-order valence-corrected chi connectivity index (χ2v) is 7.85. The summed E-state index contributed by atoms with van der Waals surface area (Å²) in [5.41, 5.74) is 10.3.